The largest absolute Gasteiger partial charge is 0.492 e. The third kappa shape index (κ3) is 4.72. The highest BCUT2D eigenvalue weighted by Gasteiger charge is 2.27. The minimum absolute atomic E-state index is 0.546. The van der Waals surface area contributed by atoms with Gasteiger partial charge in [0.15, 0.2) is 11.5 Å². The first-order valence-electron chi connectivity index (χ1n) is 11.1. The number of hydrogen-bond acceptors (Lipinski definition) is 8. The van der Waals surface area contributed by atoms with Crippen molar-refractivity contribution in [2.45, 2.75) is 18.9 Å². The second kappa shape index (κ2) is 9.49. The van der Waals surface area contributed by atoms with Gasteiger partial charge in [0.25, 0.3) is 0 Å². The first-order chi connectivity index (χ1) is 15.4. The molecule has 2 aliphatic rings. The molecule has 9 heteroatoms. The fourth-order valence-electron chi connectivity index (χ4n) is 4.32. The number of nitrogens with zero attached hydrogens (tertiary/aromatic N) is 5. The molecule has 2 fully saturated rings. The zero-order valence-electron chi connectivity index (χ0n) is 17.7. The SMILES string of the molecule is c1ccc(OCCNc2nc(N3CCC(N4CCOCC4)CC3)nc3nc[nH]c23)cc1. The molecule has 0 saturated carbocycles. The fraction of sp³-hybridized carbons (Fsp3) is 0.500. The molecular formula is C22H29N7O2. The van der Waals surface area contributed by atoms with Crippen molar-refractivity contribution in [1.82, 2.24) is 24.8 Å². The first-order valence-corrected chi connectivity index (χ1v) is 11.1. The number of piperidine rings is 1. The normalized spacial score (nSPS) is 18.4. The maximum atomic E-state index is 5.78. The molecule has 0 unspecified atom stereocenters. The molecule has 2 aromatic heterocycles. The van der Waals surface area contributed by atoms with E-state index in [0.717, 1.165) is 75.3 Å². The van der Waals surface area contributed by atoms with Crippen molar-refractivity contribution in [2.24, 2.45) is 0 Å². The second-order valence-corrected chi connectivity index (χ2v) is 7.93. The number of hydrogen-bond donors (Lipinski definition) is 2. The molecule has 4 heterocycles. The van der Waals surface area contributed by atoms with Crippen LogP contribution in [0.2, 0.25) is 0 Å². The molecule has 0 radical (unpaired) electrons. The third-order valence-electron chi connectivity index (χ3n) is 5.99. The average Bonchev–Trinajstić information content (AvgIpc) is 3.32. The predicted molar refractivity (Wildman–Crippen MR) is 120 cm³/mol. The van der Waals surface area contributed by atoms with E-state index in [9.17, 15) is 0 Å². The number of morpholine rings is 1. The topological polar surface area (TPSA) is 91.4 Å². The van der Waals surface area contributed by atoms with Gasteiger partial charge in [0, 0.05) is 32.2 Å². The minimum atomic E-state index is 0.546. The summed E-state index contributed by atoms with van der Waals surface area (Å²) in [5.74, 6) is 2.37. The molecule has 0 spiro atoms. The van der Waals surface area contributed by atoms with Crippen LogP contribution in [0.5, 0.6) is 5.75 Å². The molecule has 0 amide bonds. The number of anilines is 2. The van der Waals surface area contributed by atoms with Crippen LogP contribution in [0.15, 0.2) is 36.7 Å². The van der Waals surface area contributed by atoms with E-state index in [1.54, 1.807) is 6.33 Å². The van der Waals surface area contributed by atoms with Crippen molar-refractivity contribution in [3.05, 3.63) is 36.7 Å². The van der Waals surface area contributed by atoms with Crippen LogP contribution in [-0.2, 0) is 4.74 Å². The summed E-state index contributed by atoms with van der Waals surface area (Å²) in [4.78, 5) is 21.9. The number of fused-ring (bicyclic) bond motifs is 1. The van der Waals surface area contributed by atoms with Gasteiger partial charge in [-0.05, 0) is 25.0 Å². The Balaban J connectivity index is 1.21. The van der Waals surface area contributed by atoms with Gasteiger partial charge in [-0.2, -0.15) is 9.97 Å². The number of H-pyrrole nitrogens is 1. The number of imidazole rings is 1. The first kappa shape index (κ1) is 20.0. The van der Waals surface area contributed by atoms with E-state index in [2.05, 4.69) is 25.1 Å². The molecule has 1 aromatic carbocycles. The van der Waals surface area contributed by atoms with Crippen LogP contribution in [0.1, 0.15) is 12.8 Å². The molecule has 164 valence electrons. The summed E-state index contributed by atoms with van der Waals surface area (Å²) in [6.45, 7) is 6.87. The predicted octanol–water partition coefficient (Wildman–Crippen LogP) is 2.14. The van der Waals surface area contributed by atoms with E-state index in [1.807, 2.05) is 30.3 Å². The zero-order chi connectivity index (χ0) is 20.9. The van der Waals surface area contributed by atoms with Gasteiger partial charge in [0.05, 0.1) is 26.1 Å². The van der Waals surface area contributed by atoms with Gasteiger partial charge in [0.1, 0.15) is 17.9 Å². The van der Waals surface area contributed by atoms with E-state index in [0.29, 0.717) is 24.8 Å². The molecule has 2 N–H and O–H groups in total. The Morgan fingerprint density at radius 1 is 1.06 bits per heavy atom. The van der Waals surface area contributed by atoms with Crippen molar-refractivity contribution in [2.75, 3.05) is 62.8 Å². The second-order valence-electron chi connectivity index (χ2n) is 7.93. The van der Waals surface area contributed by atoms with Crippen LogP contribution in [0.4, 0.5) is 11.8 Å². The standard InChI is InChI=1S/C22H29N7O2/c1-2-4-18(5-3-1)31-13-8-23-20-19-21(25-16-24-19)27-22(26-20)29-9-6-17(7-10-29)28-11-14-30-15-12-28/h1-5,16-17H,6-15H2,(H2,23,24,25,26,27). The highest BCUT2D eigenvalue weighted by Crippen LogP contribution is 2.25. The molecule has 2 saturated heterocycles. The number of aromatic nitrogens is 4. The molecule has 0 aliphatic carbocycles. The number of rotatable bonds is 7. The van der Waals surface area contributed by atoms with Crippen molar-refractivity contribution in [3.63, 3.8) is 0 Å². The van der Waals surface area contributed by atoms with E-state index < -0.39 is 0 Å². The van der Waals surface area contributed by atoms with Crippen LogP contribution in [-0.4, -0.2) is 83.4 Å². The molecule has 9 nitrogen and oxygen atoms in total. The van der Waals surface area contributed by atoms with Gasteiger partial charge < -0.3 is 24.7 Å². The summed E-state index contributed by atoms with van der Waals surface area (Å²) < 4.78 is 11.3. The lowest BCUT2D eigenvalue weighted by Gasteiger charge is -2.40. The Morgan fingerprint density at radius 2 is 1.87 bits per heavy atom. The Bertz CT molecular complexity index is 966. The summed E-state index contributed by atoms with van der Waals surface area (Å²) in [6.07, 6.45) is 3.91. The number of ether oxygens (including phenoxy) is 2. The molecular weight excluding hydrogens is 394 g/mol. The molecule has 0 atom stereocenters. The molecule has 5 rings (SSSR count). The number of benzene rings is 1. The van der Waals surface area contributed by atoms with Gasteiger partial charge in [-0.25, -0.2) is 4.98 Å². The third-order valence-corrected chi connectivity index (χ3v) is 5.99. The summed E-state index contributed by atoms with van der Waals surface area (Å²) in [6, 6.07) is 10.5. The highest BCUT2D eigenvalue weighted by molar-refractivity contribution is 5.83. The average molecular weight is 424 g/mol. The van der Waals surface area contributed by atoms with Crippen molar-refractivity contribution in [3.8, 4) is 5.75 Å². The van der Waals surface area contributed by atoms with Crippen LogP contribution in [0.3, 0.4) is 0 Å². The summed E-state index contributed by atoms with van der Waals surface area (Å²) >= 11 is 0. The van der Waals surface area contributed by atoms with Crippen LogP contribution in [0.25, 0.3) is 11.2 Å². The van der Waals surface area contributed by atoms with Crippen molar-refractivity contribution in [1.29, 1.82) is 0 Å². The lowest BCUT2D eigenvalue weighted by Crippen LogP contribution is -2.49. The maximum Gasteiger partial charge on any atom is 0.229 e. The van der Waals surface area contributed by atoms with E-state index >= 15 is 0 Å². The molecule has 2 aliphatic heterocycles. The van der Waals surface area contributed by atoms with E-state index in [4.69, 9.17) is 19.4 Å². The van der Waals surface area contributed by atoms with E-state index in [1.165, 1.54) is 0 Å². The summed E-state index contributed by atoms with van der Waals surface area (Å²) in [5, 5.41) is 3.39. The van der Waals surface area contributed by atoms with Gasteiger partial charge in [-0.1, -0.05) is 18.2 Å². The molecule has 3 aromatic rings. The summed E-state index contributed by atoms with van der Waals surface area (Å²) in [5.41, 5.74) is 1.51. The van der Waals surface area contributed by atoms with Crippen molar-refractivity contribution >= 4 is 22.9 Å². The van der Waals surface area contributed by atoms with Crippen LogP contribution in [0, 0.1) is 0 Å². The lowest BCUT2D eigenvalue weighted by atomic mass is 10.0. The fourth-order valence-corrected chi connectivity index (χ4v) is 4.32. The zero-order valence-corrected chi connectivity index (χ0v) is 17.7. The quantitative estimate of drug-likeness (QED) is 0.559. The van der Waals surface area contributed by atoms with Crippen molar-refractivity contribution < 1.29 is 9.47 Å². The maximum absolute atomic E-state index is 5.78. The summed E-state index contributed by atoms with van der Waals surface area (Å²) in [7, 11) is 0. The van der Waals surface area contributed by atoms with Crippen LogP contribution < -0.4 is 15.0 Å². The van der Waals surface area contributed by atoms with Gasteiger partial charge in [-0.15, -0.1) is 0 Å². The Kier molecular flexibility index (Phi) is 6.13. The lowest BCUT2D eigenvalue weighted by molar-refractivity contribution is 0.0114. The Morgan fingerprint density at radius 3 is 2.68 bits per heavy atom. The van der Waals surface area contributed by atoms with Gasteiger partial charge >= 0.3 is 0 Å². The molecule has 0 bridgehead atoms. The van der Waals surface area contributed by atoms with Gasteiger partial charge in [0.2, 0.25) is 5.95 Å². The number of para-hydroxylation sites is 1. The van der Waals surface area contributed by atoms with E-state index in [-0.39, 0.29) is 0 Å². The Hall–Kier alpha value is -2.91. The Labute approximate surface area is 181 Å². The van der Waals surface area contributed by atoms with Crippen LogP contribution >= 0.6 is 0 Å². The number of nitrogens with one attached hydrogen (secondary N) is 2. The minimum Gasteiger partial charge on any atom is -0.492 e. The monoisotopic (exact) mass is 423 g/mol. The molecule has 31 heavy (non-hydrogen) atoms. The number of aromatic amines is 1. The smallest absolute Gasteiger partial charge is 0.229 e. The van der Waals surface area contributed by atoms with Gasteiger partial charge in [-0.3, -0.25) is 4.90 Å². The highest BCUT2D eigenvalue weighted by atomic mass is 16.5.